The van der Waals surface area contributed by atoms with Gasteiger partial charge >= 0.3 is 0 Å². The topological polar surface area (TPSA) is 149 Å². The number of amides is 1. The Morgan fingerprint density at radius 3 is 2.92 bits per heavy atom. The molecule has 188 valence electrons. The number of ketones is 1. The van der Waals surface area contributed by atoms with Crippen LogP contribution in [0.15, 0.2) is 35.3 Å². The first-order valence-corrected chi connectivity index (χ1v) is 11.7. The van der Waals surface area contributed by atoms with E-state index in [-0.39, 0.29) is 55.8 Å². The molecule has 3 aromatic rings. The van der Waals surface area contributed by atoms with E-state index in [1.165, 1.54) is 17.9 Å². The van der Waals surface area contributed by atoms with E-state index in [1.807, 2.05) is 0 Å². The molecule has 0 aromatic carbocycles. The zero-order chi connectivity index (χ0) is 25.2. The van der Waals surface area contributed by atoms with Gasteiger partial charge in [0.15, 0.2) is 11.4 Å². The highest BCUT2D eigenvalue weighted by atomic mass is 16.5. The van der Waals surface area contributed by atoms with Gasteiger partial charge in [0.05, 0.1) is 31.5 Å². The molecule has 1 saturated heterocycles. The van der Waals surface area contributed by atoms with Crippen LogP contribution in [0, 0.1) is 0 Å². The number of pyridine rings is 2. The van der Waals surface area contributed by atoms with Crippen LogP contribution in [0.4, 0.5) is 5.82 Å². The molecule has 0 aliphatic carbocycles. The number of aliphatic hydroxyl groups excluding tert-OH is 1. The van der Waals surface area contributed by atoms with Gasteiger partial charge < -0.3 is 19.9 Å². The van der Waals surface area contributed by atoms with Crippen LogP contribution in [-0.4, -0.2) is 75.3 Å². The van der Waals surface area contributed by atoms with Crippen LogP contribution in [0.2, 0.25) is 0 Å². The van der Waals surface area contributed by atoms with Crippen molar-refractivity contribution in [3.05, 3.63) is 46.5 Å². The third kappa shape index (κ3) is 4.90. The van der Waals surface area contributed by atoms with Crippen molar-refractivity contribution in [1.82, 2.24) is 24.8 Å². The van der Waals surface area contributed by atoms with E-state index in [1.54, 1.807) is 29.2 Å². The number of hydrogen-bond acceptors (Lipinski definition) is 10. The van der Waals surface area contributed by atoms with Gasteiger partial charge in [-0.05, 0) is 24.6 Å². The highest BCUT2D eigenvalue weighted by Crippen LogP contribution is 2.27. The summed E-state index contributed by atoms with van der Waals surface area (Å²) in [6.45, 7) is 0.933. The summed E-state index contributed by atoms with van der Waals surface area (Å²) in [6, 6.07) is 6.67. The van der Waals surface area contributed by atoms with Crippen molar-refractivity contribution in [2.75, 3.05) is 31.7 Å². The van der Waals surface area contributed by atoms with Gasteiger partial charge in [-0.1, -0.05) is 0 Å². The van der Waals surface area contributed by atoms with Gasteiger partial charge in [-0.15, -0.1) is 0 Å². The van der Waals surface area contributed by atoms with Gasteiger partial charge in [0.25, 0.3) is 5.56 Å². The first kappa shape index (κ1) is 23.8. The highest BCUT2D eigenvalue weighted by Gasteiger charge is 2.32. The number of carbonyl (C=O) groups excluding carboxylic acids is 2. The minimum absolute atomic E-state index is 0.0434. The van der Waals surface area contributed by atoms with Gasteiger partial charge in [0, 0.05) is 38.2 Å². The summed E-state index contributed by atoms with van der Waals surface area (Å²) in [6.07, 6.45) is 1.24. The molecule has 2 aliphatic heterocycles. The van der Waals surface area contributed by atoms with Crippen molar-refractivity contribution in [2.24, 2.45) is 0 Å². The number of aryl methyl sites for hydroxylation is 1. The summed E-state index contributed by atoms with van der Waals surface area (Å²) < 4.78 is 12.0. The van der Waals surface area contributed by atoms with Gasteiger partial charge in [-0.3, -0.25) is 23.9 Å². The third-order valence-electron chi connectivity index (χ3n) is 6.27. The first-order valence-electron chi connectivity index (χ1n) is 11.7. The second-order valence-corrected chi connectivity index (χ2v) is 8.82. The molecule has 12 nitrogen and oxygen atoms in total. The maximum absolute atomic E-state index is 12.6. The molecule has 5 rings (SSSR count). The molecule has 0 unspecified atom stereocenters. The van der Waals surface area contributed by atoms with Crippen LogP contribution in [0.25, 0.3) is 11.2 Å². The van der Waals surface area contributed by atoms with Crippen molar-refractivity contribution in [3.63, 3.8) is 0 Å². The van der Waals surface area contributed by atoms with E-state index in [2.05, 4.69) is 20.3 Å². The summed E-state index contributed by atoms with van der Waals surface area (Å²) in [4.78, 5) is 51.1. The number of nitrogens with one attached hydrogen (secondary N) is 1. The number of rotatable bonds is 8. The van der Waals surface area contributed by atoms with Crippen molar-refractivity contribution in [1.29, 1.82) is 0 Å². The molecule has 5 heterocycles. The molecular formula is C24H26N6O6. The Morgan fingerprint density at radius 2 is 2.08 bits per heavy atom. The maximum Gasteiger partial charge on any atom is 0.270 e. The number of anilines is 1. The molecule has 0 spiro atoms. The number of nitrogens with zero attached hydrogens (tertiary/aromatic N) is 5. The molecule has 36 heavy (non-hydrogen) atoms. The minimum atomic E-state index is -0.750. The molecule has 1 amide bonds. The first-order chi connectivity index (χ1) is 17.4. The molecule has 2 aliphatic rings. The number of Topliss-reactive ketones (excluding diaryl/α,β-unsaturated/α-hetero) is 1. The fraction of sp³-hybridized carbons (Fsp3) is 0.417. The standard InChI is InChI=1S/C24H26N6O6/c1-35-21-5-2-17-24(28-21)29(23(34)11-26-17)7-6-15(31)10-25-14-8-22(33)30(12-14)20-4-3-19-18(27-20)9-16(32)13-36-19/h2-5,11,14-15,25,31H,6-10,12-13H2,1H3/t14-,15-/m1/s1. The van der Waals surface area contributed by atoms with Crippen LogP contribution < -0.4 is 25.2 Å². The number of fused-ring (bicyclic) bond motifs is 2. The number of methoxy groups -OCH3 is 1. The smallest absolute Gasteiger partial charge is 0.270 e. The van der Waals surface area contributed by atoms with Gasteiger partial charge in [-0.25, -0.2) is 9.97 Å². The highest BCUT2D eigenvalue weighted by molar-refractivity contribution is 5.95. The molecule has 1 fully saturated rings. The Kier molecular flexibility index (Phi) is 6.61. The lowest BCUT2D eigenvalue weighted by Crippen LogP contribution is -2.38. The number of aliphatic hydroxyl groups is 1. The fourth-order valence-corrected chi connectivity index (χ4v) is 4.38. The lowest BCUT2D eigenvalue weighted by molar-refractivity contribution is -0.121. The predicted octanol–water partition coefficient (Wildman–Crippen LogP) is -0.155. The summed E-state index contributed by atoms with van der Waals surface area (Å²) in [5.41, 5.74) is 1.17. The maximum atomic E-state index is 12.6. The SMILES string of the molecule is COc1ccc2ncc(=O)n(CC[C@@H](O)CN[C@@H]3CC(=O)N(c4ccc5c(n4)CC(=O)CO5)C3)c2n1. The average molecular weight is 495 g/mol. The van der Waals surface area contributed by atoms with Crippen molar-refractivity contribution >= 4 is 28.7 Å². The number of aromatic nitrogens is 4. The van der Waals surface area contributed by atoms with Crippen LogP contribution in [-0.2, 0) is 22.6 Å². The Bertz CT molecular complexity index is 1370. The van der Waals surface area contributed by atoms with Crippen molar-refractivity contribution in [3.8, 4) is 11.6 Å². The number of ether oxygens (including phenoxy) is 2. The lowest BCUT2D eigenvalue weighted by Gasteiger charge is -2.21. The number of hydrogen-bond donors (Lipinski definition) is 2. The normalized spacial score (nSPS) is 18.3. The summed E-state index contributed by atoms with van der Waals surface area (Å²) in [5.74, 6) is 1.28. The van der Waals surface area contributed by atoms with Crippen molar-refractivity contribution < 1.29 is 24.2 Å². The molecule has 0 saturated carbocycles. The molecule has 0 radical (unpaired) electrons. The monoisotopic (exact) mass is 494 g/mol. The van der Waals surface area contributed by atoms with Crippen LogP contribution in [0.5, 0.6) is 11.6 Å². The number of carbonyl (C=O) groups is 2. The van der Waals surface area contributed by atoms with E-state index >= 15 is 0 Å². The molecular weight excluding hydrogens is 468 g/mol. The van der Waals surface area contributed by atoms with Gasteiger partial charge in [-0.2, -0.15) is 4.98 Å². The molecule has 2 atom stereocenters. The fourth-order valence-electron chi connectivity index (χ4n) is 4.38. The molecule has 3 aromatic heterocycles. The van der Waals surface area contributed by atoms with Crippen LogP contribution >= 0.6 is 0 Å². The van der Waals surface area contributed by atoms with Crippen LogP contribution in [0.3, 0.4) is 0 Å². The summed E-state index contributed by atoms with van der Waals surface area (Å²) in [5, 5.41) is 13.8. The Hall–Kier alpha value is -3.90. The quantitative estimate of drug-likeness (QED) is 0.433. The van der Waals surface area contributed by atoms with E-state index in [9.17, 15) is 19.5 Å². The van der Waals surface area contributed by atoms with Crippen molar-refractivity contribution in [2.45, 2.75) is 38.0 Å². The third-order valence-corrected chi connectivity index (χ3v) is 6.27. The van der Waals surface area contributed by atoms with Gasteiger partial charge in [0.1, 0.15) is 23.7 Å². The minimum Gasteiger partial charge on any atom is -0.484 e. The van der Waals surface area contributed by atoms with E-state index in [4.69, 9.17) is 9.47 Å². The van der Waals surface area contributed by atoms with Crippen LogP contribution in [0.1, 0.15) is 18.5 Å². The van der Waals surface area contributed by atoms with E-state index in [0.717, 1.165) is 0 Å². The largest absolute Gasteiger partial charge is 0.484 e. The molecule has 2 N–H and O–H groups in total. The van der Waals surface area contributed by atoms with E-state index < -0.39 is 6.10 Å². The second-order valence-electron chi connectivity index (χ2n) is 8.82. The zero-order valence-electron chi connectivity index (χ0n) is 19.7. The molecule has 12 heteroatoms. The van der Waals surface area contributed by atoms with Gasteiger partial charge in [0.2, 0.25) is 11.8 Å². The second kappa shape index (κ2) is 9.99. The lowest BCUT2D eigenvalue weighted by atomic mass is 10.1. The predicted molar refractivity (Wildman–Crippen MR) is 128 cm³/mol. The molecule has 0 bridgehead atoms. The van der Waals surface area contributed by atoms with E-state index in [0.29, 0.717) is 47.3 Å². The average Bonchev–Trinajstić information content (AvgIpc) is 3.26. The Balaban J connectivity index is 1.18. The summed E-state index contributed by atoms with van der Waals surface area (Å²) in [7, 11) is 1.49. The Labute approximate surface area is 205 Å². The zero-order valence-corrected chi connectivity index (χ0v) is 19.7. The Morgan fingerprint density at radius 1 is 1.22 bits per heavy atom. The summed E-state index contributed by atoms with van der Waals surface area (Å²) >= 11 is 0.